The summed E-state index contributed by atoms with van der Waals surface area (Å²) in [5.74, 6) is 1.73. The molecular weight excluding hydrogens is 242 g/mol. The van der Waals surface area contributed by atoms with Gasteiger partial charge in [-0.1, -0.05) is 0 Å². The molecule has 1 saturated heterocycles. The summed E-state index contributed by atoms with van der Waals surface area (Å²) in [6.45, 7) is 5.33. The van der Waals surface area contributed by atoms with Crippen LogP contribution in [0, 0.1) is 0 Å². The molecular formula is C14H21N3O2. The molecule has 0 bridgehead atoms. The van der Waals surface area contributed by atoms with Crippen LogP contribution in [-0.2, 0) is 0 Å². The highest BCUT2D eigenvalue weighted by Crippen LogP contribution is 2.34. The molecule has 0 aromatic heterocycles. The lowest BCUT2D eigenvalue weighted by Crippen LogP contribution is -2.54. The topological polar surface area (TPSA) is 45.8 Å². The highest BCUT2D eigenvalue weighted by atomic mass is 16.6. The lowest BCUT2D eigenvalue weighted by Gasteiger charge is -2.35. The smallest absolute Gasteiger partial charge is 0.163 e. The molecule has 0 radical (unpaired) electrons. The van der Waals surface area contributed by atoms with Crippen LogP contribution in [0.5, 0.6) is 11.5 Å². The van der Waals surface area contributed by atoms with Gasteiger partial charge in [0.15, 0.2) is 11.5 Å². The molecule has 5 heteroatoms. The van der Waals surface area contributed by atoms with Gasteiger partial charge in [-0.25, -0.2) is 0 Å². The van der Waals surface area contributed by atoms with Crippen LogP contribution in [0.25, 0.3) is 0 Å². The number of likely N-dealkylation sites (N-methyl/N-ethyl adjacent to an activating group) is 1. The Morgan fingerprint density at radius 1 is 1.32 bits per heavy atom. The first kappa shape index (κ1) is 12.6. The second-order valence-electron chi connectivity index (χ2n) is 4.98. The Morgan fingerprint density at radius 3 is 3.00 bits per heavy atom. The van der Waals surface area contributed by atoms with E-state index in [1.165, 1.54) is 5.69 Å². The summed E-state index contributed by atoms with van der Waals surface area (Å²) in [5.41, 5.74) is 1.21. The zero-order valence-corrected chi connectivity index (χ0v) is 11.3. The van der Waals surface area contributed by atoms with E-state index in [0.717, 1.165) is 37.7 Å². The molecule has 104 valence electrons. The van der Waals surface area contributed by atoms with E-state index >= 15 is 0 Å². The van der Waals surface area contributed by atoms with Gasteiger partial charge in [-0.3, -0.25) is 0 Å². The van der Waals surface area contributed by atoms with Crippen molar-refractivity contribution >= 4 is 5.69 Å². The Labute approximate surface area is 113 Å². The molecule has 1 aromatic rings. The number of hydrogen-bond donors (Lipinski definition) is 2. The highest BCUT2D eigenvalue weighted by Gasteiger charge is 2.20. The summed E-state index contributed by atoms with van der Waals surface area (Å²) in [6, 6.07) is 6.72. The summed E-state index contributed by atoms with van der Waals surface area (Å²) < 4.78 is 11.2. The van der Waals surface area contributed by atoms with Crippen molar-refractivity contribution in [1.82, 2.24) is 10.6 Å². The zero-order valence-electron chi connectivity index (χ0n) is 11.3. The highest BCUT2D eigenvalue weighted by molar-refractivity contribution is 5.57. The Balaban J connectivity index is 1.74. The van der Waals surface area contributed by atoms with Crippen molar-refractivity contribution in [3.05, 3.63) is 18.2 Å². The summed E-state index contributed by atoms with van der Waals surface area (Å²) >= 11 is 0. The van der Waals surface area contributed by atoms with Gasteiger partial charge >= 0.3 is 0 Å². The third-order valence-electron chi connectivity index (χ3n) is 3.60. The first-order chi connectivity index (χ1) is 9.36. The van der Waals surface area contributed by atoms with Crippen LogP contribution in [0.15, 0.2) is 18.2 Å². The Bertz CT molecular complexity index is 437. The number of anilines is 1. The molecule has 1 unspecified atom stereocenters. The van der Waals surface area contributed by atoms with Crippen molar-refractivity contribution in [3.63, 3.8) is 0 Å². The van der Waals surface area contributed by atoms with E-state index in [1.54, 1.807) is 0 Å². The van der Waals surface area contributed by atoms with Crippen LogP contribution in [-0.4, -0.2) is 52.5 Å². The van der Waals surface area contributed by atoms with Crippen molar-refractivity contribution < 1.29 is 9.47 Å². The maximum atomic E-state index is 5.65. The molecule has 1 fully saturated rings. The number of nitrogens with zero attached hydrogens (tertiary/aromatic N) is 1. The van der Waals surface area contributed by atoms with E-state index in [1.807, 2.05) is 13.1 Å². The van der Waals surface area contributed by atoms with Gasteiger partial charge in [0.05, 0.1) is 0 Å². The fourth-order valence-electron chi connectivity index (χ4n) is 2.67. The van der Waals surface area contributed by atoms with Gasteiger partial charge in [-0.15, -0.1) is 0 Å². The maximum Gasteiger partial charge on any atom is 0.163 e. The molecule has 0 amide bonds. The van der Waals surface area contributed by atoms with E-state index in [4.69, 9.17) is 9.47 Å². The number of hydrogen-bond acceptors (Lipinski definition) is 5. The second kappa shape index (κ2) is 5.67. The van der Waals surface area contributed by atoms with Crippen molar-refractivity contribution in [2.24, 2.45) is 0 Å². The van der Waals surface area contributed by atoms with Crippen molar-refractivity contribution in [2.75, 3.05) is 51.3 Å². The van der Waals surface area contributed by atoms with E-state index in [2.05, 4.69) is 27.7 Å². The van der Waals surface area contributed by atoms with E-state index < -0.39 is 0 Å². The molecule has 2 aliphatic heterocycles. The average Bonchev–Trinajstić information content (AvgIpc) is 2.47. The minimum Gasteiger partial charge on any atom is -0.486 e. The molecule has 0 aliphatic carbocycles. The number of benzene rings is 1. The van der Waals surface area contributed by atoms with E-state index in [9.17, 15) is 0 Å². The van der Waals surface area contributed by atoms with Gasteiger partial charge in [0, 0.05) is 44.0 Å². The van der Waals surface area contributed by atoms with E-state index in [-0.39, 0.29) is 0 Å². The van der Waals surface area contributed by atoms with Crippen LogP contribution in [0.1, 0.15) is 0 Å². The van der Waals surface area contributed by atoms with Crippen LogP contribution < -0.4 is 25.0 Å². The van der Waals surface area contributed by atoms with E-state index in [0.29, 0.717) is 19.3 Å². The zero-order chi connectivity index (χ0) is 13.1. The molecule has 0 saturated carbocycles. The first-order valence-electron chi connectivity index (χ1n) is 6.89. The molecule has 5 nitrogen and oxygen atoms in total. The van der Waals surface area contributed by atoms with Gasteiger partial charge in [-0.05, 0) is 19.2 Å². The Kier molecular flexibility index (Phi) is 3.75. The Hall–Kier alpha value is -1.46. The standard InChI is InChI=1S/C14H21N3O2/c1-15-9-11-10-17(5-4-16-11)12-2-3-13-14(8-12)19-7-6-18-13/h2-3,8,11,15-16H,4-7,9-10H2,1H3. The largest absolute Gasteiger partial charge is 0.486 e. The van der Waals surface area contributed by atoms with Crippen molar-refractivity contribution in [3.8, 4) is 11.5 Å². The normalized spacial score (nSPS) is 22.4. The lowest BCUT2D eigenvalue weighted by atomic mass is 10.1. The van der Waals surface area contributed by atoms with Gasteiger partial charge in [0.1, 0.15) is 13.2 Å². The van der Waals surface area contributed by atoms with Gasteiger partial charge < -0.3 is 25.0 Å². The summed E-state index contributed by atoms with van der Waals surface area (Å²) in [7, 11) is 1.99. The third-order valence-corrected chi connectivity index (χ3v) is 3.60. The molecule has 1 atom stereocenters. The van der Waals surface area contributed by atoms with Crippen LogP contribution in [0.4, 0.5) is 5.69 Å². The molecule has 3 rings (SSSR count). The van der Waals surface area contributed by atoms with Gasteiger partial charge in [-0.2, -0.15) is 0 Å². The maximum absolute atomic E-state index is 5.65. The minimum atomic E-state index is 0.493. The van der Waals surface area contributed by atoms with Gasteiger partial charge in [0.2, 0.25) is 0 Å². The van der Waals surface area contributed by atoms with Crippen LogP contribution >= 0.6 is 0 Å². The summed E-state index contributed by atoms with van der Waals surface area (Å²) in [6.07, 6.45) is 0. The fourth-order valence-corrected chi connectivity index (χ4v) is 2.67. The number of rotatable bonds is 3. The predicted molar refractivity (Wildman–Crippen MR) is 75.4 cm³/mol. The third kappa shape index (κ3) is 2.77. The summed E-state index contributed by atoms with van der Waals surface area (Å²) in [4.78, 5) is 2.40. The summed E-state index contributed by atoms with van der Waals surface area (Å²) in [5, 5.41) is 6.75. The number of nitrogens with one attached hydrogen (secondary N) is 2. The molecule has 19 heavy (non-hydrogen) atoms. The van der Waals surface area contributed by atoms with Crippen LogP contribution in [0.2, 0.25) is 0 Å². The number of ether oxygens (including phenoxy) is 2. The van der Waals surface area contributed by atoms with Crippen LogP contribution in [0.3, 0.4) is 0 Å². The lowest BCUT2D eigenvalue weighted by molar-refractivity contribution is 0.171. The SMILES string of the molecule is CNCC1CN(c2ccc3c(c2)OCCO3)CCN1. The minimum absolute atomic E-state index is 0.493. The van der Waals surface area contributed by atoms with Crippen molar-refractivity contribution in [2.45, 2.75) is 6.04 Å². The average molecular weight is 263 g/mol. The molecule has 0 spiro atoms. The Morgan fingerprint density at radius 2 is 2.16 bits per heavy atom. The first-order valence-corrected chi connectivity index (χ1v) is 6.89. The molecule has 2 heterocycles. The second-order valence-corrected chi connectivity index (χ2v) is 4.98. The van der Waals surface area contributed by atoms with Crippen molar-refractivity contribution in [1.29, 1.82) is 0 Å². The number of fused-ring (bicyclic) bond motifs is 1. The predicted octanol–water partition coefficient (Wildman–Crippen LogP) is 0.455. The van der Waals surface area contributed by atoms with Gasteiger partial charge in [0.25, 0.3) is 0 Å². The fraction of sp³-hybridized carbons (Fsp3) is 0.571. The molecule has 2 N–H and O–H groups in total. The molecule has 1 aromatic carbocycles. The molecule has 2 aliphatic rings. The quantitative estimate of drug-likeness (QED) is 0.829. The number of piperazine rings is 1. The monoisotopic (exact) mass is 263 g/mol.